The zero-order valence-corrected chi connectivity index (χ0v) is 11.9. The Bertz CT molecular complexity index is 592. The van der Waals surface area contributed by atoms with E-state index < -0.39 is 0 Å². The molecule has 19 heavy (non-hydrogen) atoms. The van der Waals surface area contributed by atoms with Gasteiger partial charge in [0.15, 0.2) is 0 Å². The van der Waals surface area contributed by atoms with Gasteiger partial charge in [-0.2, -0.15) is 0 Å². The van der Waals surface area contributed by atoms with Crippen molar-refractivity contribution in [2.75, 3.05) is 7.11 Å². The van der Waals surface area contributed by atoms with Gasteiger partial charge in [-0.1, -0.05) is 19.1 Å². The zero-order valence-electron chi connectivity index (χ0n) is 11.1. The van der Waals surface area contributed by atoms with E-state index in [2.05, 4.69) is 16.5 Å². The van der Waals surface area contributed by atoms with Gasteiger partial charge in [-0.3, -0.25) is 0 Å². The average molecular weight is 275 g/mol. The van der Waals surface area contributed by atoms with Crippen molar-refractivity contribution in [3.8, 4) is 5.75 Å². The van der Waals surface area contributed by atoms with Crippen molar-refractivity contribution in [3.05, 3.63) is 47.5 Å². The third-order valence-corrected chi connectivity index (χ3v) is 3.26. The molecule has 1 aromatic heterocycles. The summed E-state index contributed by atoms with van der Waals surface area (Å²) >= 11 is 5.02. The Balaban J connectivity index is 2.37. The first kappa shape index (κ1) is 13.5. The Kier molecular flexibility index (Phi) is 4.16. The SMILES string of the molecule is CCc1nccn1Cc1cc(C(N)=S)ccc1OC. The molecule has 4 nitrogen and oxygen atoms in total. The largest absolute Gasteiger partial charge is 0.496 e. The molecule has 1 heterocycles. The number of nitrogens with zero attached hydrogens (tertiary/aromatic N) is 2. The Morgan fingerprint density at radius 2 is 2.26 bits per heavy atom. The number of hydrogen-bond acceptors (Lipinski definition) is 3. The van der Waals surface area contributed by atoms with Gasteiger partial charge in [0.05, 0.1) is 13.7 Å². The predicted molar refractivity (Wildman–Crippen MR) is 79.6 cm³/mol. The van der Waals surface area contributed by atoms with E-state index >= 15 is 0 Å². The molecular formula is C14H17N3OS. The van der Waals surface area contributed by atoms with Crippen LogP contribution in [0.5, 0.6) is 5.75 Å². The lowest BCUT2D eigenvalue weighted by Crippen LogP contribution is -2.11. The lowest BCUT2D eigenvalue weighted by molar-refractivity contribution is 0.408. The van der Waals surface area contributed by atoms with Crippen LogP contribution in [-0.2, 0) is 13.0 Å². The van der Waals surface area contributed by atoms with Gasteiger partial charge in [0.2, 0.25) is 0 Å². The first-order valence-corrected chi connectivity index (χ1v) is 6.53. The van der Waals surface area contributed by atoms with Crippen LogP contribution in [0.3, 0.4) is 0 Å². The van der Waals surface area contributed by atoms with E-state index in [4.69, 9.17) is 22.7 Å². The summed E-state index contributed by atoms with van der Waals surface area (Å²) in [6.07, 6.45) is 4.67. The van der Waals surface area contributed by atoms with Crippen LogP contribution in [0.4, 0.5) is 0 Å². The fourth-order valence-corrected chi connectivity index (χ4v) is 2.16. The Hall–Kier alpha value is -1.88. The van der Waals surface area contributed by atoms with Crippen molar-refractivity contribution in [1.82, 2.24) is 9.55 Å². The molecule has 0 spiro atoms. The number of methoxy groups -OCH3 is 1. The number of hydrogen-bond donors (Lipinski definition) is 1. The molecule has 0 aliphatic rings. The second-order valence-electron chi connectivity index (χ2n) is 4.22. The van der Waals surface area contributed by atoms with E-state index in [-0.39, 0.29) is 0 Å². The fraction of sp³-hybridized carbons (Fsp3) is 0.286. The number of aryl methyl sites for hydroxylation is 1. The fourth-order valence-electron chi connectivity index (χ4n) is 2.04. The van der Waals surface area contributed by atoms with Gasteiger partial charge in [-0.25, -0.2) is 4.98 Å². The number of aromatic nitrogens is 2. The summed E-state index contributed by atoms with van der Waals surface area (Å²) in [5.41, 5.74) is 7.57. The molecule has 0 bridgehead atoms. The molecule has 1 aromatic carbocycles. The number of imidazole rings is 1. The number of benzene rings is 1. The topological polar surface area (TPSA) is 53.1 Å². The van der Waals surface area contributed by atoms with E-state index in [1.165, 1.54) is 0 Å². The minimum Gasteiger partial charge on any atom is -0.496 e. The molecule has 0 saturated carbocycles. The van der Waals surface area contributed by atoms with E-state index in [0.717, 1.165) is 29.1 Å². The van der Waals surface area contributed by atoms with Gasteiger partial charge in [-0.05, 0) is 18.2 Å². The molecular weight excluding hydrogens is 258 g/mol. The zero-order chi connectivity index (χ0) is 13.8. The smallest absolute Gasteiger partial charge is 0.123 e. The highest BCUT2D eigenvalue weighted by molar-refractivity contribution is 7.80. The van der Waals surface area contributed by atoms with Crippen LogP contribution in [-0.4, -0.2) is 21.6 Å². The lowest BCUT2D eigenvalue weighted by atomic mass is 10.1. The van der Waals surface area contributed by atoms with Crippen LogP contribution in [0.15, 0.2) is 30.6 Å². The molecule has 0 amide bonds. The quantitative estimate of drug-likeness (QED) is 0.849. The molecule has 5 heteroatoms. The Morgan fingerprint density at radius 1 is 1.47 bits per heavy atom. The number of nitrogens with two attached hydrogens (primary N) is 1. The maximum atomic E-state index is 5.68. The van der Waals surface area contributed by atoms with Crippen LogP contribution in [0.25, 0.3) is 0 Å². The highest BCUT2D eigenvalue weighted by atomic mass is 32.1. The summed E-state index contributed by atoms with van der Waals surface area (Å²) in [6, 6.07) is 5.74. The standard InChI is InChI=1S/C14H17N3OS/c1-3-13-16-6-7-17(13)9-11-8-10(14(15)19)4-5-12(11)18-2/h4-8H,3,9H2,1-2H3,(H2,15,19). The number of thiocarbonyl (C=S) groups is 1. The highest BCUT2D eigenvalue weighted by Gasteiger charge is 2.08. The number of ether oxygens (including phenoxy) is 1. The second-order valence-corrected chi connectivity index (χ2v) is 4.66. The molecule has 0 saturated heterocycles. The van der Waals surface area contributed by atoms with Crippen molar-refractivity contribution in [1.29, 1.82) is 0 Å². The summed E-state index contributed by atoms with van der Waals surface area (Å²) in [7, 11) is 1.66. The van der Waals surface area contributed by atoms with Crippen molar-refractivity contribution < 1.29 is 4.74 Å². The summed E-state index contributed by atoms with van der Waals surface area (Å²) in [5.74, 6) is 1.87. The van der Waals surface area contributed by atoms with E-state index in [1.807, 2.05) is 30.6 Å². The van der Waals surface area contributed by atoms with Crippen LogP contribution in [0.2, 0.25) is 0 Å². The average Bonchev–Trinajstić information content (AvgIpc) is 2.85. The van der Waals surface area contributed by atoms with Crippen molar-refractivity contribution in [2.24, 2.45) is 5.73 Å². The summed E-state index contributed by atoms with van der Waals surface area (Å²) in [4.78, 5) is 4.71. The lowest BCUT2D eigenvalue weighted by Gasteiger charge is -2.12. The van der Waals surface area contributed by atoms with E-state index in [1.54, 1.807) is 7.11 Å². The monoisotopic (exact) mass is 275 g/mol. The molecule has 0 atom stereocenters. The molecule has 0 radical (unpaired) electrons. The molecule has 2 rings (SSSR count). The highest BCUT2D eigenvalue weighted by Crippen LogP contribution is 2.21. The first-order chi connectivity index (χ1) is 9.15. The van der Waals surface area contributed by atoms with Crippen molar-refractivity contribution >= 4 is 17.2 Å². The van der Waals surface area contributed by atoms with Crippen LogP contribution in [0, 0.1) is 0 Å². The Morgan fingerprint density at radius 3 is 2.89 bits per heavy atom. The van der Waals surface area contributed by atoms with Gasteiger partial charge in [0, 0.05) is 29.9 Å². The molecule has 0 unspecified atom stereocenters. The second kappa shape index (κ2) is 5.84. The molecule has 2 aromatic rings. The molecule has 0 aliphatic carbocycles. The normalized spacial score (nSPS) is 10.4. The molecule has 0 fully saturated rings. The predicted octanol–water partition coefficient (Wildman–Crippen LogP) is 2.14. The Labute approximate surface area is 118 Å². The molecule has 2 N–H and O–H groups in total. The molecule has 0 aliphatic heterocycles. The van der Waals surface area contributed by atoms with Gasteiger partial charge in [0.25, 0.3) is 0 Å². The summed E-state index contributed by atoms with van der Waals surface area (Å²) in [5, 5.41) is 0. The van der Waals surface area contributed by atoms with Crippen LogP contribution >= 0.6 is 12.2 Å². The van der Waals surface area contributed by atoms with Crippen molar-refractivity contribution in [3.63, 3.8) is 0 Å². The minimum absolute atomic E-state index is 0.394. The summed E-state index contributed by atoms with van der Waals surface area (Å²) in [6.45, 7) is 2.78. The summed E-state index contributed by atoms with van der Waals surface area (Å²) < 4.78 is 7.48. The van der Waals surface area contributed by atoms with Crippen molar-refractivity contribution in [2.45, 2.75) is 19.9 Å². The maximum absolute atomic E-state index is 5.68. The molecule has 100 valence electrons. The van der Waals surface area contributed by atoms with Crippen LogP contribution < -0.4 is 10.5 Å². The number of rotatable bonds is 5. The van der Waals surface area contributed by atoms with E-state index in [9.17, 15) is 0 Å². The third kappa shape index (κ3) is 2.93. The minimum atomic E-state index is 0.394. The maximum Gasteiger partial charge on any atom is 0.123 e. The van der Waals surface area contributed by atoms with Gasteiger partial charge in [0.1, 0.15) is 16.6 Å². The first-order valence-electron chi connectivity index (χ1n) is 6.12. The van der Waals surface area contributed by atoms with Crippen LogP contribution in [0.1, 0.15) is 23.9 Å². The van der Waals surface area contributed by atoms with Gasteiger partial charge >= 0.3 is 0 Å². The van der Waals surface area contributed by atoms with Gasteiger partial charge in [-0.15, -0.1) is 0 Å². The van der Waals surface area contributed by atoms with Gasteiger partial charge < -0.3 is 15.0 Å². The van der Waals surface area contributed by atoms with E-state index in [0.29, 0.717) is 11.5 Å². The third-order valence-electron chi connectivity index (χ3n) is 3.02.